The third-order valence-electron chi connectivity index (χ3n) is 3.37. The van der Waals surface area contributed by atoms with Gasteiger partial charge in [0.05, 0.1) is 18.6 Å². The third-order valence-corrected chi connectivity index (χ3v) is 4.45. The van der Waals surface area contributed by atoms with E-state index in [1.165, 1.54) is 12.1 Å². The standard InChI is InChI=1S/C17H14ClFN4O2S/c1-25-12-5-2-10(3-6-12)16-21-17(23-22-16)26-9-15(24)20-14-7-4-11(18)8-13(14)19/h2-8H,9H2,1H3,(H,20,24)(H,21,22,23). The second-order valence-corrected chi connectivity index (χ2v) is 6.54. The minimum Gasteiger partial charge on any atom is -0.497 e. The Balaban J connectivity index is 1.58. The fourth-order valence-corrected chi connectivity index (χ4v) is 2.85. The average Bonchev–Trinajstić information content (AvgIpc) is 3.11. The molecule has 9 heteroatoms. The molecule has 2 N–H and O–H groups in total. The number of amides is 1. The van der Waals surface area contributed by atoms with Gasteiger partial charge in [0.25, 0.3) is 0 Å². The maximum atomic E-state index is 13.7. The van der Waals surface area contributed by atoms with Gasteiger partial charge in [-0.2, -0.15) is 0 Å². The molecule has 3 rings (SSSR count). The summed E-state index contributed by atoms with van der Waals surface area (Å²) < 4.78 is 18.8. The van der Waals surface area contributed by atoms with Gasteiger partial charge in [-0.15, -0.1) is 5.10 Å². The number of aromatic amines is 1. The smallest absolute Gasteiger partial charge is 0.234 e. The number of nitrogens with zero attached hydrogens (tertiary/aromatic N) is 2. The minimum atomic E-state index is -0.587. The number of benzene rings is 2. The number of methoxy groups -OCH3 is 1. The van der Waals surface area contributed by atoms with Crippen molar-refractivity contribution in [1.82, 2.24) is 15.2 Å². The molecule has 0 aliphatic carbocycles. The van der Waals surface area contributed by atoms with Crippen LogP contribution in [0.4, 0.5) is 10.1 Å². The minimum absolute atomic E-state index is 0.0436. The van der Waals surface area contributed by atoms with Crippen molar-refractivity contribution < 1.29 is 13.9 Å². The number of anilines is 1. The van der Waals surface area contributed by atoms with E-state index in [1.54, 1.807) is 7.11 Å². The molecule has 1 amide bonds. The molecule has 3 aromatic rings. The Hall–Kier alpha value is -2.58. The number of hydrogen-bond donors (Lipinski definition) is 2. The number of thioether (sulfide) groups is 1. The Morgan fingerprint density at radius 3 is 2.77 bits per heavy atom. The van der Waals surface area contributed by atoms with Gasteiger partial charge in [-0.25, -0.2) is 9.37 Å². The molecule has 0 atom stereocenters. The average molecular weight is 393 g/mol. The van der Waals surface area contributed by atoms with E-state index in [1.807, 2.05) is 24.3 Å². The Morgan fingerprint density at radius 1 is 1.31 bits per heavy atom. The lowest BCUT2D eigenvalue weighted by Crippen LogP contribution is -2.15. The zero-order valence-corrected chi connectivity index (χ0v) is 15.2. The maximum absolute atomic E-state index is 13.7. The zero-order chi connectivity index (χ0) is 18.5. The summed E-state index contributed by atoms with van der Waals surface area (Å²) >= 11 is 6.82. The molecule has 2 aromatic carbocycles. The topological polar surface area (TPSA) is 79.9 Å². The van der Waals surface area contributed by atoms with Crippen LogP contribution in [0.2, 0.25) is 5.02 Å². The maximum Gasteiger partial charge on any atom is 0.234 e. The first kappa shape index (κ1) is 18.2. The second kappa shape index (κ2) is 8.20. The van der Waals surface area contributed by atoms with Gasteiger partial charge in [-0.1, -0.05) is 23.4 Å². The van der Waals surface area contributed by atoms with Gasteiger partial charge in [-0.3, -0.25) is 9.89 Å². The van der Waals surface area contributed by atoms with Gasteiger partial charge in [0.1, 0.15) is 11.6 Å². The van der Waals surface area contributed by atoms with Crippen molar-refractivity contribution in [3.8, 4) is 17.1 Å². The van der Waals surface area contributed by atoms with Crippen molar-refractivity contribution in [3.05, 3.63) is 53.3 Å². The van der Waals surface area contributed by atoms with Crippen LogP contribution in [0.15, 0.2) is 47.6 Å². The molecular formula is C17H14ClFN4O2S. The Labute approximate surface area is 158 Å². The van der Waals surface area contributed by atoms with Gasteiger partial charge in [0.15, 0.2) is 5.82 Å². The summed E-state index contributed by atoms with van der Waals surface area (Å²) in [7, 11) is 1.60. The molecule has 0 fully saturated rings. The third kappa shape index (κ3) is 4.53. The Morgan fingerprint density at radius 2 is 2.08 bits per heavy atom. The van der Waals surface area contributed by atoms with Crippen LogP contribution in [-0.4, -0.2) is 34.0 Å². The Kier molecular flexibility index (Phi) is 5.75. The highest BCUT2D eigenvalue weighted by atomic mass is 35.5. The van der Waals surface area contributed by atoms with Crippen LogP contribution in [0.5, 0.6) is 5.75 Å². The first-order chi connectivity index (χ1) is 12.5. The predicted molar refractivity (Wildman–Crippen MR) is 99.1 cm³/mol. The van der Waals surface area contributed by atoms with Crippen molar-refractivity contribution in [2.75, 3.05) is 18.2 Å². The molecule has 6 nitrogen and oxygen atoms in total. The van der Waals surface area contributed by atoms with E-state index in [-0.39, 0.29) is 22.4 Å². The summed E-state index contributed by atoms with van der Waals surface area (Å²) in [6, 6.07) is 11.4. The van der Waals surface area contributed by atoms with Crippen molar-refractivity contribution in [1.29, 1.82) is 0 Å². The molecule has 0 aliphatic heterocycles. The van der Waals surface area contributed by atoms with Gasteiger partial charge in [0, 0.05) is 10.6 Å². The first-order valence-electron chi connectivity index (χ1n) is 7.49. The number of aromatic nitrogens is 3. The first-order valence-corrected chi connectivity index (χ1v) is 8.86. The molecule has 0 saturated carbocycles. The summed E-state index contributed by atoms with van der Waals surface area (Å²) in [5.41, 5.74) is 0.923. The number of halogens is 2. The van der Waals surface area contributed by atoms with Crippen LogP contribution in [0.25, 0.3) is 11.4 Å². The number of nitrogens with one attached hydrogen (secondary N) is 2. The van der Waals surface area contributed by atoms with Crippen LogP contribution in [0, 0.1) is 5.82 Å². The molecule has 26 heavy (non-hydrogen) atoms. The van der Waals surface area contributed by atoms with Crippen molar-refractivity contribution in [2.24, 2.45) is 0 Å². The van der Waals surface area contributed by atoms with Crippen LogP contribution in [-0.2, 0) is 4.79 Å². The van der Waals surface area contributed by atoms with E-state index in [0.29, 0.717) is 11.0 Å². The largest absolute Gasteiger partial charge is 0.497 e. The van der Waals surface area contributed by atoms with E-state index in [2.05, 4.69) is 20.5 Å². The summed E-state index contributed by atoms with van der Waals surface area (Å²) in [6.45, 7) is 0. The molecule has 0 aliphatic rings. The number of carbonyl (C=O) groups excluding carboxylic acids is 1. The van der Waals surface area contributed by atoms with Crippen LogP contribution in [0.3, 0.4) is 0 Å². The predicted octanol–water partition coefficient (Wildman–Crippen LogP) is 4.00. The summed E-state index contributed by atoms with van der Waals surface area (Å²) in [4.78, 5) is 16.3. The number of hydrogen-bond acceptors (Lipinski definition) is 5. The van der Waals surface area contributed by atoms with Gasteiger partial charge in [-0.05, 0) is 42.5 Å². The van der Waals surface area contributed by atoms with E-state index >= 15 is 0 Å². The quantitative estimate of drug-likeness (QED) is 0.620. The molecule has 0 bridgehead atoms. The van der Waals surface area contributed by atoms with Gasteiger partial charge < -0.3 is 10.1 Å². The summed E-state index contributed by atoms with van der Waals surface area (Å²) in [5, 5.41) is 10.1. The second-order valence-electron chi connectivity index (χ2n) is 5.16. The normalized spacial score (nSPS) is 10.6. The van der Waals surface area contributed by atoms with Gasteiger partial charge in [0.2, 0.25) is 11.1 Å². The number of rotatable bonds is 6. The Bertz CT molecular complexity index is 917. The monoisotopic (exact) mass is 392 g/mol. The molecule has 1 heterocycles. The van der Waals surface area contributed by atoms with E-state index in [9.17, 15) is 9.18 Å². The highest BCUT2D eigenvalue weighted by Crippen LogP contribution is 2.22. The molecule has 0 unspecified atom stereocenters. The zero-order valence-electron chi connectivity index (χ0n) is 13.6. The van der Waals surface area contributed by atoms with E-state index in [4.69, 9.17) is 16.3 Å². The van der Waals surface area contributed by atoms with Crippen LogP contribution >= 0.6 is 23.4 Å². The lowest BCUT2D eigenvalue weighted by molar-refractivity contribution is -0.113. The molecule has 0 spiro atoms. The number of ether oxygens (including phenoxy) is 1. The number of H-pyrrole nitrogens is 1. The molecular weight excluding hydrogens is 379 g/mol. The van der Waals surface area contributed by atoms with Crippen molar-refractivity contribution >= 4 is 35.0 Å². The fraction of sp³-hybridized carbons (Fsp3) is 0.118. The molecule has 134 valence electrons. The summed E-state index contributed by atoms with van der Waals surface area (Å²) in [6.07, 6.45) is 0. The summed E-state index contributed by atoms with van der Waals surface area (Å²) in [5.74, 6) is 0.415. The highest BCUT2D eigenvalue weighted by molar-refractivity contribution is 7.99. The van der Waals surface area contributed by atoms with Crippen molar-refractivity contribution in [2.45, 2.75) is 5.16 Å². The molecule has 1 aromatic heterocycles. The number of carbonyl (C=O) groups is 1. The lowest BCUT2D eigenvalue weighted by Gasteiger charge is -2.05. The van der Waals surface area contributed by atoms with Crippen molar-refractivity contribution in [3.63, 3.8) is 0 Å². The fourth-order valence-electron chi connectivity index (χ4n) is 2.10. The van der Waals surface area contributed by atoms with Crippen LogP contribution < -0.4 is 10.1 Å². The lowest BCUT2D eigenvalue weighted by atomic mass is 10.2. The highest BCUT2D eigenvalue weighted by Gasteiger charge is 2.11. The van der Waals surface area contributed by atoms with Gasteiger partial charge >= 0.3 is 0 Å². The molecule has 0 radical (unpaired) electrons. The van der Waals surface area contributed by atoms with E-state index < -0.39 is 5.82 Å². The SMILES string of the molecule is COc1ccc(-c2nc(SCC(=O)Nc3ccc(Cl)cc3F)n[nH]2)cc1. The van der Waals surface area contributed by atoms with E-state index in [0.717, 1.165) is 29.1 Å². The molecule has 0 saturated heterocycles. The van der Waals surface area contributed by atoms with Crippen LogP contribution in [0.1, 0.15) is 0 Å².